The molecule has 0 aromatic heterocycles. The van der Waals surface area contributed by atoms with Crippen LogP contribution in [-0.4, -0.2) is 33.2 Å². The van der Waals surface area contributed by atoms with E-state index in [2.05, 4.69) is 0 Å². The monoisotopic (exact) mass is 486 g/mol. The van der Waals surface area contributed by atoms with E-state index in [0.717, 1.165) is 0 Å². The largest absolute Gasteiger partial charge is 0.508 e. The zero-order chi connectivity index (χ0) is 25.7. The van der Waals surface area contributed by atoms with Crippen LogP contribution in [0, 0.1) is 0 Å². The first kappa shape index (κ1) is 23.8. The SMILES string of the molecule is O=C(Oc1ccc(O)cc1)c1cc(C(=O)Oc2ccc(O)cc2)cc(C(=O)Oc2ccc(O)cc2)c1. The molecule has 0 spiro atoms. The van der Waals surface area contributed by atoms with Gasteiger partial charge in [0.25, 0.3) is 0 Å². The van der Waals surface area contributed by atoms with Gasteiger partial charge in [-0.15, -0.1) is 0 Å². The fraction of sp³-hybridized carbons (Fsp3) is 0. The number of aromatic hydroxyl groups is 3. The van der Waals surface area contributed by atoms with Gasteiger partial charge in [0, 0.05) is 0 Å². The number of esters is 3. The third-order valence-electron chi connectivity index (χ3n) is 4.78. The Morgan fingerprint density at radius 1 is 0.417 bits per heavy atom. The van der Waals surface area contributed by atoms with Crippen LogP contribution < -0.4 is 14.2 Å². The third kappa shape index (κ3) is 5.97. The van der Waals surface area contributed by atoms with Crippen LogP contribution in [0.3, 0.4) is 0 Å². The Bertz CT molecular complexity index is 1220. The number of benzene rings is 4. The maximum absolute atomic E-state index is 12.8. The molecule has 0 amide bonds. The van der Waals surface area contributed by atoms with Gasteiger partial charge in [-0.05, 0) is 91.0 Å². The highest BCUT2D eigenvalue weighted by Gasteiger charge is 2.20. The molecule has 9 nitrogen and oxygen atoms in total. The highest BCUT2D eigenvalue weighted by Crippen LogP contribution is 2.22. The summed E-state index contributed by atoms with van der Waals surface area (Å²) < 4.78 is 15.8. The molecule has 0 radical (unpaired) electrons. The molecule has 0 unspecified atom stereocenters. The number of hydrogen-bond acceptors (Lipinski definition) is 9. The maximum Gasteiger partial charge on any atom is 0.343 e. The summed E-state index contributed by atoms with van der Waals surface area (Å²) in [4.78, 5) is 38.4. The second kappa shape index (κ2) is 10.3. The van der Waals surface area contributed by atoms with Crippen molar-refractivity contribution >= 4 is 17.9 Å². The van der Waals surface area contributed by atoms with Gasteiger partial charge in [-0.1, -0.05) is 0 Å². The van der Waals surface area contributed by atoms with Crippen LogP contribution in [0.1, 0.15) is 31.1 Å². The molecule has 0 bridgehead atoms. The fourth-order valence-electron chi connectivity index (χ4n) is 3.02. The van der Waals surface area contributed by atoms with E-state index in [1.165, 1.54) is 91.0 Å². The molecule has 9 heteroatoms. The number of rotatable bonds is 6. The summed E-state index contributed by atoms with van der Waals surface area (Å²) in [6, 6.07) is 19.8. The molecule has 0 saturated heterocycles. The summed E-state index contributed by atoms with van der Waals surface area (Å²) >= 11 is 0. The minimum atomic E-state index is -0.876. The molecule has 0 aliphatic rings. The van der Waals surface area contributed by atoms with Crippen LogP contribution in [0.25, 0.3) is 0 Å². The molecule has 0 aliphatic heterocycles. The molecule has 0 atom stereocenters. The van der Waals surface area contributed by atoms with Crippen LogP contribution in [0.2, 0.25) is 0 Å². The van der Waals surface area contributed by atoms with E-state index in [9.17, 15) is 29.7 Å². The van der Waals surface area contributed by atoms with Gasteiger partial charge in [0.1, 0.15) is 34.5 Å². The van der Waals surface area contributed by atoms with Crippen molar-refractivity contribution in [3.8, 4) is 34.5 Å². The second-order valence-electron chi connectivity index (χ2n) is 7.45. The molecule has 36 heavy (non-hydrogen) atoms. The van der Waals surface area contributed by atoms with Crippen molar-refractivity contribution in [1.29, 1.82) is 0 Å². The zero-order valence-electron chi connectivity index (χ0n) is 18.5. The average molecular weight is 486 g/mol. The molecule has 180 valence electrons. The molecular formula is C27H18O9. The molecule has 4 rings (SSSR count). The number of hydrogen-bond donors (Lipinski definition) is 3. The Hall–Kier alpha value is -5.31. The summed E-state index contributed by atoms with van der Waals surface area (Å²) in [5.74, 6) is -2.31. The lowest BCUT2D eigenvalue weighted by Gasteiger charge is -2.10. The summed E-state index contributed by atoms with van der Waals surface area (Å²) in [5, 5.41) is 28.2. The highest BCUT2D eigenvalue weighted by molar-refractivity contribution is 6.01. The highest BCUT2D eigenvalue weighted by atomic mass is 16.5. The van der Waals surface area contributed by atoms with Crippen molar-refractivity contribution in [1.82, 2.24) is 0 Å². The average Bonchev–Trinajstić information content (AvgIpc) is 2.87. The summed E-state index contributed by atoms with van der Waals surface area (Å²) in [6.07, 6.45) is 0. The number of phenols is 3. The van der Waals surface area contributed by atoms with Crippen molar-refractivity contribution in [2.24, 2.45) is 0 Å². The molecular weight excluding hydrogens is 468 g/mol. The van der Waals surface area contributed by atoms with Gasteiger partial charge >= 0.3 is 17.9 Å². The third-order valence-corrected chi connectivity index (χ3v) is 4.78. The molecule has 0 aliphatic carbocycles. The summed E-state index contributed by atoms with van der Waals surface area (Å²) in [7, 11) is 0. The number of carbonyl (C=O) groups excluding carboxylic acids is 3. The minimum Gasteiger partial charge on any atom is -0.508 e. The zero-order valence-corrected chi connectivity index (χ0v) is 18.5. The predicted molar refractivity (Wildman–Crippen MR) is 126 cm³/mol. The van der Waals surface area contributed by atoms with Gasteiger partial charge in [-0.25, -0.2) is 14.4 Å². The normalized spacial score (nSPS) is 10.3. The van der Waals surface area contributed by atoms with Gasteiger partial charge in [0.15, 0.2) is 0 Å². The summed E-state index contributed by atoms with van der Waals surface area (Å²) in [6.45, 7) is 0. The van der Waals surface area contributed by atoms with E-state index < -0.39 is 17.9 Å². The van der Waals surface area contributed by atoms with Gasteiger partial charge in [-0.2, -0.15) is 0 Å². The first-order valence-corrected chi connectivity index (χ1v) is 10.5. The van der Waals surface area contributed by atoms with Crippen molar-refractivity contribution in [2.75, 3.05) is 0 Å². The van der Waals surface area contributed by atoms with Gasteiger partial charge in [-0.3, -0.25) is 0 Å². The fourth-order valence-corrected chi connectivity index (χ4v) is 3.02. The van der Waals surface area contributed by atoms with Gasteiger partial charge in [0.05, 0.1) is 16.7 Å². The van der Waals surface area contributed by atoms with E-state index in [1.54, 1.807) is 0 Å². The topological polar surface area (TPSA) is 140 Å². The Labute approximate surface area is 204 Å². The Kier molecular flexibility index (Phi) is 6.83. The molecule has 0 heterocycles. The van der Waals surface area contributed by atoms with E-state index in [0.29, 0.717) is 0 Å². The molecule has 4 aromatic carbocycles. The maximum atomic E-state index is 12.8. The number of phenolic OH excluding ortho intramolecular Hbond substituents is 3. The van der Waals surface area contributed by atoms with Crippen LogP contribution in [-0.2, 0) is 0 Å². The molecule has 4 aromatic rings. The Morgan fingerprint density at radius 3 is 0.861 bits per heavy atom. The minimum absolute atomic E-state index is 0.0203. The lowest BCUT2D eigenvalue weighted by atomic mass is 10.1. The molecule has 0 saturated carbocycles. The summed E-state index contributed by atoms with van der Waals surface area (Å²) in [5.41, 5.74) is -0.414. The van der Waals surface area contributed by atoms with Crippen molar-refractivity contribution < 1.29 is 43.9 Å². The standard InChI is InChI=1S/C27H18O9/c28-19-1-7-22(8-2-19)34-25(31)16-13-17(26(32)35-23-9-3-20(29)4-10-23)15-18(14-16)27(33)36-24-11-5-21(30)6-12-24/h1-15,28-30H. The van der Waals surface area contributed by atoms with E-state index >= 15 is 0 Å². The number of carbonyl (C=O) groups is 3. The quantitative estimate of drug-likeness (QED) is 0.266. The van der Waals surface area contributed by atoms with E-state index in [-0.39, 0.29) is 51.2 Å². The number of ether oxygens (including phenoxy) is 3. The lowest BCUT2D eigenvalue weighted by molar-refractivity contribution is 0.0734. The van der Waals surface area contributed by atoms with Crippen molar-refractivity contribution in [3.63, 3.8) is 0 Å². The van der Waals surface area contributed by atoms with Gasteiger partial charge < -0.3 is 29.5 Å². The Balaban J connectivity index is 1.64. The lowest BCUT2D eigenvalue weighted by Crippen LogP contribution is -2.16. The van der Waals surface area contributed by atoms with Gasteiger partial charge in [0.2, 0.25) is 0 Å². The van der Waals surface area contributed by atoms with E-state index in [1.807, 2.05) is 0 Å². The van der Waals surface area contributed by atoms with Crippen LogP contribution in [0.4, 0.5) is 0 Å². The first-order valence-electron chi connectivity index (χ1n) is 10.5. The van der Waals surface area contributed by atoms with E-state index in [4.69, 9.17) is 14.2 Å². The van der Waals surface area contributed by atoms with Crippen LogP contribution in [0.15, 0.2) is 91.0 Å². The van der Waals surface area contributed by atoms with Crippen LogP contribution in [0.5, 0.6) is 34.5 Å². The molecule has 0 fully saturated rings. The first-order chi connectivity index (χ1) is 17.3. The second-order valence-corrected chi connectivity index (χ2v) is 7.45. The molecule has 3 N–H and O–H groups in total. The van der Waals surface area contributed by atoms with Crippen LogP contribution >= 0.6 is 0 Å². The van der Waals surface area contributed by atoms with Crippen molar-refractivity contribution in [2.45, 2.75) is 0 Å². The Morgan fingerprint density at radius 2 is 0.639 bits per heavy atom. The smallest absolute Gasteiger partial charge is 0.343 e. The predicted octanol–water partition coefficient (Wildman–Crippen LogP) is 4.46. The van der Waals surface area contributed by atoms with Crippen molar-refractivity contribution in [3.05, 3.63) is 108 Å².